The number of nitrogens with zero attached hydrogens (tertiary/aromatic N) is 1. The fourth-order valence-corrected chi connectivity index (χ4v) is 0.201. The third kappa shape index (κ3) is 5.43. The van der Waals surface area contributed by atoms with Gasteiger partial charge in [-0.15, -0.1) is 0 Å². The van der Waals surface area contributed by atoms with Crippen LogP contribution in [0, 0.1) is 0 Å². The summed E-state index contributed by atoms with van der Waals surface area (Å²) in [6, 6.07) is 0. The summed E-state index contributed by atoms with van der Waals surface area (Å²) in [6.07, 6.45) is 1.62. The molecule has 0 spiro atoms. The highest BCUT2D eigenvalue weighted by Gasteiger charge is 1.61. The molecule has 7 heavy (non-hydrogen) atoms. The average Bonchev–Trinajstić information content (AvgIpc) is 1.69. The van der Waals surface area contributed by atoms with Gasteiger partial charge in [-0.25, -0.2) is 5.43 Å². The van der Waals surface area contributed by atoms with E-state index in [4.69, 9.17) is 0 Å². The van der Waals surface area contributed by atoms with Gasteiger partial charge in [-0.2, -0.15) is 0 Å². The van der Waals surface area contributed by atoms with Crippen molar-refractivity contribution in [2.75, 3.05) is 13.6 Å². The highest BCUT2D eigenvalue weighted by Crippen LogP contribution is 1.55. The summed E-state index contributed by atoms with van der Waals surface area (Å²) < 4.78 is 0. The van der Waals surface area contributed by atoms with Crippen molar-refractivity contribution in [3.63, 3.8) is 0 Å². The zero-order valence-electron chi connectivity index (χ0n) is 4.73. The Labute approximate surface area is 43.8 Å². The molecule has 3 nitrogen and oxygen atoms in total. The number of hydrogen-bond acceptors (Lipinski definition) is 2. The Kier molecular flexibility index (Phi) is 4.99. The van der Waals surface area contributed by atoms with Gasteiger partial charge in [0.2, 0.25) is 0 Å². The Hall–Kier alpha value is -0.570. The van der Waals surface area contributed by atoms with Gasteiger partial charge in [-0.1, -0.05) is 0 Å². The van der Waals surface area contributed by atoms with Crippen LogP contribution in [0.3, 0.4) is 0 Å². The van der Waals surface area contributed by atoms with Gasteiger partial charge in [0.25, 0.3) is 0 Å². The van der Waals surface area contributed by atoms with E-state index in [1.807, 2.05) is 6.92 Å². The number of hydrazine groups is 1. The lowest BCUT2D eigenvalue weighted by Gasteiger charge is -1.89. The second kappa shape index (κ2) is 5.43. The van der Waals surface area contributed by atoms with E-state index >= 15 is 0 Å². The molecule has 0 saturated heterocycles. The summed E-state index contributed by atoms with van der Waals surface area (Å²) in [5, 5.41) is 0. The van der Waals surface area contributed by atoms with Crippen LogP contribution < -0.4 is 10.9 Å². The molecule has 0 amide bonds. The van der Waals surface area contributed by atoms with Crippen molar-refractivity contribution in [3.05, 3.63) is 0 Å². The molecule has 0 radical (unpaired) electrons. The summed E-state index contributed by atoms with van der Waals surface area (Å²) in [5.41, 5.74) is 5.41. The summed E-state index contributed by atoms with van der Waals surface area (Å²) in [5.74, 6) is 0. The minimum Gasteiger partial charge on any atom is -0.313 e. The maximum absolute atomic E-state index is 3.86. The molecule has 0 heterocycles. The first-order valence-corrected chi connectivity index (χ1v) is 2.32. The van der Waals surface area contributed by atoms with Crippen molar-refractivity contribution in [2.24, 2.45) is 4.99 Å². The van der Waals surface area contributed by atoms with Crippen molar-refractivity contribution in [3.8, 4) is 0 Å². The summed E-state index contributed by atoms with van der Waals surface area (Å²) in [4.78, 5) is 3.86. The minimum atomic E-state index is 0.828. The first-order valence-electron chi connectivity index (χ1n) is 2.32. The van der Waals surface area contributed by atoms with Gasteiger partial charge in [0.1, 0.15) is 0 Å². The van der Waals surface area contributed by atoms with Crippen LogP contribution in [0.5, 0.6) is 0 Å². The third-order valence-electron chi connectivity index (χ3n) is 0.483. The molecule has 0 aromatic heterocycles. The minimum absolute atomic E-state index is 0.828. The Balaban J connectivity index is 2.78. The Morgan fingerprint density at radius 1 is 1.71 bits per heavy atom. The molecule has 0 saturated carbocycles. The van der Waals surface area contributed by atoms with Crippen LogP contribution in [0.4, 0.5) is 0 Å². The maximum Gasteiger partial charge on any atom is 0.0965 e. The van der Waals surface area contributed by atoms with Crippen molar-refractivity contribution in [2.45, 2.75) is 6.92 Å². The van der Waals surface area contributed by atoms with E-state index in [-0.39, 0.29) is 0 Å². The van der Waals surface area contributed by atoms with Gasteiger partial charge < -0.3 is 5.43 Å². The molecule has 0 bridgehead atoms. The first-order chi connectivity index (χ1) is 3.41. The quantitative estimate of drug-likeness (QED) is 0.292. The lowest BCUT2D eigenvalue weighted by molar-refractivity contribution is 0.778. The molecule has 2 N–H and O–H groups in total. The maximum atomic E-state index is 3.86. The average molecular weight is 101 g/mol. The Morgan fingerprint density at radius 2 is 2.43 bits per heavy atom. The topological polar surface area (TPSA) is 36.4 Å². The van der Waals surface area contributed by atoms with Gasteiger partial charge in [0, 0.05) is 13.6 Å². The molecule has 0 unspecified atom stereocenters. The summed E-state index contributed by atoms with van der Waals surface area (Å²) in [7, 11) is 1.79. The molecule has 0 atom stereocenters. The van der Waals surface area contributed by atoms with Crippen LogP contribution in [0.1, 0.15) is 6.92 Å². The zero-order chi connectivity index (χ0) is 5.54. The van der Waals surface area contributed by atoms with E-state index in [0.29, 0.717) is 0 Å². The molecule has 0 aromatic rings. The molecule has 0 fully saturated rings. The van der Waals surface area contributed by atoms with Crippen molar-refractivity contribution in [1.29, 1.82) is 0 Å². The third-order valence-corrected chi connectivity index (χ3v) is 0.483. The molecular weight excluding hydrogens is 90.1 g/mol. The normalized spacial score (nSPS) is 10.0. The van der Waals surface area contributed by atoms with Crippen molar-refractivity contribution in [1.82, 2.24) is 10.9 Å². The van der Waals surface area contributed by atoms with Crippen molar-refractivity contribution >= 4 is 6.34 Å². The van der Waals surface area contributed by atoms with Crippen LogP contribution in [-0.4, -0.2) is 19.9 Å². The predicted molar refractivity (Wildman–Crippen MR) is 31.2 cm³/mol. The second-order valence-corrected chi connectivity index (χ2v) is 1.02. The number of rotatable bonds is 3. The monoisotopic (exact) mass is 101 g/mol. The van der Waals surface area contributed by atoms with Gasteiger partial charge >= 0.3 is 0 Å². The van der Waals surface area contributed by atoms with E-state index in [2.05, 4.69) is 15.8 Å². The molecular formula is C4H11N3. The molecule has 3 heteroatoms. The van der Waals surface area contributed by atoms with Gasteiger partial charge in [-0.3, -0.25) is 4.99 Å². The molecule has 0 aliphatic rings. The van der Waals surface area contributed by atoms with E-state index in [1.165, 1.54) is 0 Å². The van der Waals surface area contributed by atoms with E-state index in [0.717, 1.165) is 6.54 Å². The van der Waals surface area contributed by atoms with Gasteiger partial charge in [0.15, 0.2) is 0 Å². The zero-order valence-corrected chi connectivity index (χ0v) is 4.73. The summed E-state index contributed by atoms with van der Waals surface area (Å²) in [6.45, 7) is 2.81. The largest absolute Gasteiger partial charge is 0.313 e. The molecule has 0 rings (SSSR count). The van der Waals surface area contributed by atoms with Crippen LogP contribution >= 0.6 is 0 Å². The highest BCUT2D eigenvalue weighted by molar-refractivity contribution is 5.53. The smallest absolute Gasteiger partial charge is 0.0965 e. The number of nitrogens with one attached hydrogen (secondary N) is 2. The number of hydrogen-bond donors (Lipinski definition) is 2. The number of aliphatic imine (C=N–C) groups is 1. The van der Waals surface area contributed by atoms with Crippen LogP contribution in [0.15, 0.2) is 4.99 Å². The van der Waals surface area contributed by atoms with Crippen molar-refractivity contribution < 1.29 is 0 Å². The standard InChI is InChI=1S/C4H11N3/c1-3-6-4-7-5-2/h4-5H,3H2,1-2H3,(H,6,7). The second-order valence-electron chi connectivity index (χ2n) is 1.02. The first kappa shape index (κ1) is 6.43. The van der Waals surface area contributed by atoms with Gasteiger partial charge in [-0.05, 0) is 6.92 Å². The molecule has 0 aliphatic carbocycles. The molecule has 0 aromatic carbocycles. The fraction of sp³-hybridized carbons (Fsp3) is 0.750. The lowest BCUT2D eigenvalue weighted by atomic mass is 10.8. The van der Waals surface area contributed by atoms with Gasteiger partial charge in [0.05, 0.1) is 6.34 Å². The predicted octanol–water partition coefficient (Wildman–Crippen LogP) is -0.241. The molecule has 0 aliphatic heterocycles. The van der Waals surface area contributed by atoms with E-state index < -0.39 is 0 Å². The van der Waals surface area contributed by atoms with Crippen LogP contribution in [-0.2, 0) is 0 Å². The van der Waals surface area contributed by atoms with E-state index in [1.54, 1.807) is 13.4 Å². The Morgan fingerprint density at radius 3 is 2.86 bits per heavy atom. The SMILES string of the molecule is CC/N=C\NNC. The molecule has 42 valence electrons. The highest BCUT2D eigenvalue weighted by atomic mass is 15.3. The Bertz CT molecular complexity index is 50.9. The van der Waals surface area contributed by atoms with Crippen LogP contribution in [0.2, 0.25) is 0 Å². The fourth-order valence-electron chi connectivity index (χ4n) is 0.201. The van der Waals surface area contributed by atoms with E-state index in [9.17, 15) is 0 Å². The summed E-state index contributed by atoms with van der Waals surface area (Å²) >= 11 is 0. The lowest BCUT2D eigenvalue weighted by Crippen LogP contribution is -2.25. The van der Waals surface area contributed by atoms with Crippen LogP contribution in [0.25, 0.3) is 0 Å².